The van der Waals surface area contributed by atoms with Gasteiger partial charge >= 0.3 is 0 Å². The summed E-state index contributed by atoms with van der Waals surface area (Å²) in [6.07, 6.45) is 4.40. The van der Waals surface area contributed by atoms with Gasteiger partial charge in [0.1, 0.15) is 18.5 Å². The summed E-state index contributed by atoms with van der Waals surface area (Å²) in [7, 11) is 0. The summed E-state index contributed by atoms with van der Waals surface area (Å²) in [6, 6.07) is 7.27. The molecule has 0 aromatic heterocycles. The number of aliphatic hydroxyl groups is 1. The highest BCUT2D eigenvalue weighted by atomic mass is 16.5. The lowest BCUT2D eigenvalue weighted by atomic mass is 10.3. The molecule has 0 bridgehead atoms. The lowest BCUT2D eigenvalue weighted by Gasteiger charge is -2.16. The largest absolute Gasteiger partial charge is 0.489 e. The van der Waals surface area contributed by atoms with Gasteiger partial charge in [0.05, 0.1) is 18.4 Å². The Morgan fingerprint density at radius 3 is 2.67 bits per heavy atom. The fourth-order valence-electron chi connectivity index (χ4n) is 2.15. The van der Waals surface area contributed by atoms with Crippen LogP contribution in [-0.4, -0.2) is 30.5 Å². The molecule has 1 atom stereocenters. The summed E-state index contributed by atoms with van der Waals surface area (Å²) < 4.78 is 11.1. The normalized spacial score (nSPS) is 17.8. The lowest BCUT2D eigenvalue weighted by Crippen LogP contribution is -2.26. The van der Waals surface area contributed by atoms with E-state index in [9.17, 15) is 5.11 Å². The Morgan fingerprint density at radius 2 is 1.94 bits per heavy atom. The molecule has 0 radical (unpaired) electrons. The third-order valence-corrected chi connectivity index (χ3v) is 3.18. The van der Waals surface area contributed by atoms with E-state index in [4.69, 9.17) is 15.2 Å². The van der Waals surface area contributed by atoms with Crippen LogP contribution in [0.2, 0.25) is 0 Å². The zero-order valence-electron chi connectivity index (χ0n) is 10.5. The van der Waals surface area contributed by atoms with E-state index in [0.29, 0.717) is 24.1 Å². The Balaban J connectivity index is 1.68. The molecule has 2 rings (SSSR count). The van der Waals surface area contributed by atoms with E-state index in [-0.39, 0.29) is 6.61 Å². The maximum atomic E-state index is 9.77. The molecule has 3 N–H and O–H groups in total. The summed E-state index contributed by atoms with van der Waals surface area (Å²) in [5.74, 6) is 0.609. The van der Waals surface area contributed by atoms with Crippen LogP contribution in [0.15, 0.2) is 24.3 Å². The molecule has 1 aliphatic carbocycles. The highest BCUT2D eigenvalue weighted by Gasteiger charge is 2.17. The van der Waals surface area contributed by atoms with Crippen molar-refractivity contribution in [1.82, 2.24) is 0 Å². The monoisotopic (exact) mass is 251 g/mol. The number of anilines is 1. The van der Waals surface area contributed by atoms with Crippen molar-refractivity contribution in [3.05, 3.63) is 24.3 Å². The first kappa shape index (κ1) is 13.2. The maximum absolute atomic E-state index is 9.77. The van der Waals surface area contributed by atoms with Crippen LogP contribution in [0.4, 0.5) is 5.69 Å². The van der Waals surface area contributed by atoms with Gasteiger partial charge in [-0.1, -0.05) is 25.0 Å². The summed E-state index contributed by atoms with van der Waals surface area (Å²) >= 11 is 0. The number of rotatable bonds is 6. The van der Waals surface area contributed by atoms with E-state index in [0.717, 1.165) is 12.8 Å². The van der Waals surface area contributed by atoms with E-state index in [2.05, 4.69) is 0 Å². The number of hydrogen-bond donors (Lipinski definition) is 2. The SMILES string of the molecule is Nc1ccccc1OCC(O)COC1CCCC1. The number of aliphatic hydroxyl groups excluding tert-OH is 1. The van der Waals surface area contributed by atoms with Gasteiger partial charge in [-0.15, -0.1) is 0 Å². The Hall–Kier alpha value is -1.26. The van der Waals surface area contributed by atoms with Crippen molar-refractivity contribution in [2.75, 3.05) is 18.9 Å². The molecule has 1 aliphatic rings. The molecule has 4 nitrogen and oxygen atoms in total. The van der Waals surface area contributed by atoms with Crippen molar-refractivity contribution in [2.45, 2.75) is 37.9 Å². The third-order valence-electron chi connectivity index (χ3n) is 3.18. The van der Waals surface area contributed by atoms with Crippen molar-refractivity contribution in [1.29, 1.82) is 0 Å². The van der Waals surface area contributed by atoms with E-state index in [1.165, 1.54) is 12.8 Å². The predicted octanol–water partition coefficient (Wildman–Crippen LogP) is 1.97. The zero-order chi connectivity index (χ0) is 12.8. The van der Waals surface area contributed by atoms with Crippen LogP contribution >= 0.6 is 0 Å². The minimum absolute atomic E-state index is 0.209. The smallest absolute Gasteiger partial charge is 0.142 e. The minimum Gasteiger partial charge on any atom is -0.489 e. The number of nitrogens with two attached hydrogens (primary N) is 1. The number of ether oxygens (including phenoxy) is 2. The highest BCUT2D eigenvalue weighted by Crippen LogP contribution is 2.22. The molecule has 1 aromatic rings. The molecule has 1 aromatic carbocycles. The molecule has 0 heterocycles. The Labute approximate surface area is 108 Å². The topological polar surface area (TPSA) is 64.7 Å². The number of nitrogen functional groups attached to an aromatic ring is 1. The van der Waals surface area contributed by atoms with Crippen molar-refractivity contribution in [3.63, 3.8) is 0 Å². The van der Waals surface area contributed by atoms with Crippen molar-refractivity contribution >= 4 is 5.69 Å². The molecule has 0 saturated heterocycles. The van der Waals surface area contributed by atoms with E-state index < -0.39 is 6.10 Å². The Kier molecular flexibility index (Phi) is 4.84. The molecule has 0 spiro atoms. The maximum Gasteiger partial charge on any atom is 0.142 e. The number of benzene rings is 1. The average Bonchev–Trinajstić information content (AvgIpc) is 2.88. The van der Waals surface area contributed by atoms with Crippen LogP contribution in [0.1, 0.15) is 25.7 Å². The van der Waals surface area contributed by atoms with Gasteiger partial charge in [-0.05, 0) is 25.0 Å². The lowest BCUT2D eigenvalue weighted by molar-refractivity contribution is -0.0218. The highest BCUT2D eigenvalue weighted by molar-refractivity contribution is 5.51. The van der Waals surface area contributed by atoms with Crippen LogP contribution in [0, 0.1) is 0 Å². The second-order valence-corrected chi connectivity index (χ2v) is 4.74. The Morgan fingerprint density at radius 1 is 1.22 bits per heavy atom. The number of para-hydroxylation sites is 2. The first-order valence-corrected chi connectivity index (χ1v) is 6.52. The third kappa shape index (κ3) is 3.89. The van der Waals surface area contributed by atoms with Crippen molar-refractivity contribution < 1.29 is 14.6 Å². The molecule has 100 valence electrons. The van der Waals surface area contributed by atoms with Gasteiger partial charge in [0, 0.05) is 0 Å². The van der Waals surface area contributed by atoms with Gasteiger partial charge in [-0.3, -0.25) is 0 Å². The van der Waals surface area contributed by atoms with Gasteiger partial charge in [-0.25, -0.2) is 0 Å². The summed E-state index contributed by atoms with van der Waals surface area (Å²) in [4.78, 5) is 0. The second-order valence-electron chi connectivity index (χ2n) is 4.74. The zero-order valence-corrected chi connectivity index (χ0v) is 10.5. The standard InChI is InChI=1S/C14H21NO3/c15-13-7-3-4-8-14(13)18-10-11(16)9-17-12-5-1-2-6-12/h3-4,7-8,11-12,16H,1-2,5-6,9-10,15H2. The summed E-state index contributed by atoms with van der Waals surface area (Å²) in [5, 5.41) is 9.77. The van der Waals surface area contributed by atoms with Gasteiger partial charge in [0.2, 0.25) is 0 Å². The quantitative estimate of drug-likeness (QED) is 0.759. The van der Waals surface area contributed by atoms with Gasteiger partial charge in [-0.2, -0.15) is 0 Å². The van der Waals surface area contributed by atoms with Crippen molar-refractivity contribution in [2.24, 2.45) is 0 Å². The Bertz CT molecular complexity index is 364. The summed E-state index contributed by atoms with van der Waals surface area (Å²) in [6.45, 7) is 0.540. The van der Waals surface area contributed by atoms with Crippen LogP contribution in [0.5, 0.6) is 5.75 Å². The van der Waals surface area contributed by atoms with Crippen molar-refractivity contribution in [3.8, 4) is 5.75 Å². The van der Waals surface area contributed by atoms with Crippen LogP contribution in [0.3, 0.4) is 0 Å². The molecule has 4 heteroatoms. The molecule has 18 heavy (non-hydrogen) atoms. The van der Waals surface area contributed by atoms with Crippen LogP contribution < -0.4 is 10.5 Å². The van der Waals surface area contributed by atoms with Gasteiger partial charge < -0.3 is 20.3 Å². The minimum atomic E-state index is -0.606. The molecular weight excluding hydrogens is 230 g/mol. The molecule has 1 fully saturated rings. The molecule has 1 unspecified atom stereocenters. The summed E-state index contributed by atoms with van der Waals surface area (Å²) in [5.41, 5.74) is 6.33. The van der Waals surface area contributed by atoms with E-state index in [1.54, 1.807) is 12.1 Å². The van der Waals surface area contributed by atoms with Crippen LogP contribution in [-0.2, 0) is 4.74 Å². The fourth-order valence-corrected chi connectivity index (χ4v) is 2.15. The van der Waals surface area contributed by atoms with Crippen LogP contribution in [0.25, 0.3) is 0 Å². The first-order valence-electron chi connectivity index (χ1n) is 6.52. The molecular formula is C14H21NO3. The first-order chi connectivity index (χ1) is 8.75. The van der Waals surface area contributed by atoms with Gasteiger partial charge in [0.25, 0.3) is 0 Å². The molecule has 1 saturated carbocycles. The molecule has 0 aliphatic heterocycles. The van der Waals surface area contributed by atoms with Gasteiger partial charge in [0.15, 0.2) is 0 Å². The fraction of sp³-hybridized carbons (Fsp3) is 0.571. The van der Waals surface area contributed by atoms with E-state index in [1.807, 2.05) is 12.1 Å². The predicted molar refractivity (Wildman–Crippen MR) is 70.6 cm³/mol. The van der Waals surface area contributed by atoms with E-state index >= 15 is 0 Å². The second kappa shape index (κ2) is 6.61. The average molecular weight is 251 g/mol. The molecule has 0 amide bonds. The number of hydrogen-bond acceptors (Lipinski definition) is 4.